The van der Waals surface area contributed by atoms with E-state index in [0.717, 1.165) is 17.8 Å². The van der Waals surface area contributed by atoms with Gasteiger partial charge in [0.15, 0.2) is 11.6 Å². The van der Waals surface area contributed by atoms with E-state index in [2.05, 4.69) is 4.98 Å². The Morgan fingerprint density at radius 1 is 1.23 bits per heavy atom. The van der Waals surface area contributed by atoms with Gasteiger partial charge in [0.25, 0.3) is 0 Å². The van der Waals surface area contributed by atoms with Crippen LogP contribution in [-0.2, 0) is 0 Å². The standard InChI is InChI=1S/C16H13F2N3O/c17-14-2-1-10(5-15(14)18)16-7-13(22)9-21(16)12-3-4-20-11(6-12)8-19/h1-6,13,16,22H,7,9H2/t13-,16-/m1/s1. The van der Waals surface area contributed by atoms with Crippen molar-refractivity contribution in [3.63, 3.8) is 0 Å². The Morgan fingerprint density at radius 3 is 2.77 bits per heavy atom. The highest BCUT2D eigenvalue weighted by molar-refractivity contribution is 5.52. The molecule has 3 rings (SSSR count). The van der Waals surface area contributed by atoms with Crippen LogP contribution >= 0.6 is 0 Å². The van der Waals surface area contributed by atoms with E-state index in [9.17, 15) is 13.9 Å². The number of aliphatic hydroxyl groups excluding tert-OH is 1. The second kappa shape index (κ2) is 5.70. The first-order valence-electron chi connectivity index (χ1n) is 6.84. The Labute approximate surface area is 126 Å². The minimum absolute atomic E-state index is 0.267. The highest BCUT2D eigenvalue weighted by Gasteiger charge is 2.32. The Kier molecular flexibility index (Phi) is 3.73. The molecule has 4 nitrogen and oxygen atoms in total. The van der Waals surface area contributed by atoms with Gasteiger partial charge in [-0.25, -0.2) is 13.8 Å². The number of rotatable bonds is 2. The first kappa shape index (κ1) is 14.4. The van der Waals surface area contributed by atoms with Crippen LogP contribution in [-0.4, -0.2) is 22.7 Å². The maximum atomic E-state index is 13.5. The van der Waals surface area contributed by atoms with Gasteiger partial charge in [-0.05, 0) is 36.2 Å². The smallest absolute Gasteiger partial charge is 0.159 e. The predicted octanol–water partition coefficient (Wildman–Crippen LogP) is 2.54. The van der Waals surface area contributed by atoms with E-state index >= 15 is 0 Å². The fourth-order valence-electron chi connectivity index (χ4n) is 2.79. The van der Waals surface area contributed by atoms with Gasteiger partial charge in [0.05, 0.1) is 12.1 Å². The van der Waals surface area contributed by atoms with Crippen LogP contribution in [0.1, 0.15) is 23.7 Å². The van der Waals surface area contributed by atoms with Gasteiger partial charge in [-0.2, -0.15) is 5.26 Å². The molecule has 0 unspecified atom stereocenters. The molecule has 22 heavy (non-hydrogen) atoms. The summed E-state index contributed by atoms with van der Waals surface area (Å²) in [5.41, 5.74) is 1.58. The molecule has 0 amide bonds. The molecule has 0 saturated carbocycles. The van der Waals surface area contributed by atoms with E-state index in [1.165, 1.54) is 12.3 Å². The molecule has 2 heterocycles. The van der Waals surface area contributed by atoms with Gasteiger partial charge in [-0.15, -0.1) is 0 Å². The van der Waals surface area contributed by atoms with Crippen molar-refractivity contribution in [2.45, 2.75) is 18.6 Å². The Hall–Kier alpha value is -2.52. The lowest BCUT2D eigenvalue weighted by Gasteiger charge is -2.27. The van der Waals surface area contributed by atoms with Gasteiger partial charge in [0.1, 0.15) is 11.8 Å². The molecular formula is C16H13F2N3O. The summed E-state index contributed by atoms with van der Waals surface area (Å²) in [4.78, 5) is 5.79. The number of pyridine rings is 1. The van der Waals surface area contributed by atoms with Gasteiger partial charge in [0, 0.05) is 18.4 Å². The Morgan fingerprint density at radius 2 is 2.05 bits per heavy atom. The van der Waals surface area contributed by atoms with Crippen LogP contribution in [0, 0.1) is 23.0 Å². The quantitative estimate of drug-likeness (QED) is 0.926. The molecule has 1 aromatic carbocycles. The number of hydrogen-bond acceptors (Lipinski definition) is 4. The molecule has 0 aliphatic carbocycles. The fraction of sp³-hybridized carbons (Fsp3) is 0.250. The van der Waals surface area contributed by atoms with E-state index in [-0.39, 0.29) is 11.7 Å². The molecule has 0 bridgehead atoms. The van der Waals surface area contributed by atoms with Gasteiger partial charge in [0.2, 0.25) is 0 Å². The maximum absolute atomic E-state index is 13.5. The zero-order valence-electron chi connectivity index (χ0n) is 11.6. The second-order valence-corrected chi connectivity index (χ2v) is 5.24. The molecule has 2 aromatic rings. The van der Waals surface area contributed by atoms with Crippen molar-refractivity contribution in [3.05, 3.63) is 59.4 Å². The number of aliphatic hydroxyl groups is 1. The molecule has 0 spiro atoms. The number of hydrogen-bond donors (Lipinski definition) is 1. The van der Waals surface area contributed by atoms with Crippen LogP contribution in [0.5, 0.6) is 0 Å². The molecule has 1 aromatic heterocycles. The lowest BCUT2D eigenvalue weighted by atomic mass is 10.0. The third-order valence-corrected chi connectivity index (χ3v) is 3.80. The summed E-state index contributed by atoms with van der Waals surface area (Å²) in [6.07, 6.45) is 1.35. The third kappa shape index (κ3) is 2.63. The van der Waals surface area contributed by atoms with Crippen molar-refractivity contribution in [1.82, 2.24) is 4.98 Å². The van der Waals surface area contributed by atoms with Crippen molar-refractivity contribution < 1.29 is 13.9 Å². The largest absolute Gasteiger partial charge is 0.391 e. The number of benzene rings is 1. The highest BCUT2D eigenvalue weighted by atomic mass is 19.2. The lowest BCUT2D eigenvalue weighted by molar-refractivity contribution is 0.194. The van der Waals surface area contributed by atoms with Gasteiger partial charge < -0.3 is 10.0 Å². The molecule has 0 radical (unpaired) electrons. The second-order valence-electron chi connectivity index (χ2n) is 5.24. The van der Waals surface area contributed by atoms with Crippen LogP contribution in [0.4, 0.5) is 14.5 Å². The summed E-state index contributed by atoms with van der Waals surface area (Å²) in [5.74, 6) is -1.81. The monoisotopic (exact) mass is 301 g/mol. The summed E-state index contributed by atoms with van der Waals surface area (Å²) in [5, 5.41) is 18.9. The minimum atomic E-state index is -0.911. The Balaban J connectivity index is 1.98. The number of β-amino-alcohol motifs (C(OH)–C–C–N with tert-alkyl or cyclic N) is 1. The molecule has 1 aliphatic rings. The van der Waals surface area contributed by atoms with Crippen LogP contribution in [0.15, 0.2) is 36.5 Å². The van der Waals surface area contributed by atoms with Crippen LogP contribution in [0.2, 0.25) is 0 Å². The van der Waals surface area contributed by atoms with Crippen molar-refractivity contribution in [2.75, 3.05) is 11.4 Å². The normalized spacial score (nSPS) is 20.9. The van der Waals surface area contributed by atoms with E-state index in [1.807, 2.05) is 11.0 Å². The zero-order chi connectivity index (χ0) is 15.7. The maximum Gasteiger partial charge on any atom is 0.159 e. The van der Waals surface area contributed by atoms with Crippen molar-refractivity contribution >= 4 is 5.69 Å². The number of nitriles is 1. The van der Waals surface area contributed by atoms with Crippen molar-refractivity contribution in [3.8, 4) is 6.07 Å². The lowest BCUT2D eigenvalue weighted by Crippen LogP contribution is -2.24. The van der Waals surface area contributed by atoms with E-state index in [1.54, 1.807) is 12.1 Å². The first-order valence-corrected chi connectivity index (χ1v) is 6.84. The van der Waals surface area contributed by atoms with Crippen LogP contribution < -0.4 is 4.90 Å². The SMILES string of the molecule is N#Cc1cc(N2C[C@H](O)C[C@@H]2c2ccc(F)c(F)c2)ccn1. The number of nitrogens with zero attached hydrogens (tertiary/aromatic N) is 3. The average Bonchev–Trinajstić information content (AvgIpc) is 2.92. The number of anilines is 1. The number of aromatic nitrogens is 1. The summed E-state index contributed by atoms with van der Waals surface area (Å²) < 4.78 is 26.6. The summed E-state index contributed by atoms with van der Waals surface area (Å²) in [7, 11) is 0. The molecule has 6 heteroatoms. The summed E-state index contributed by atoms with van der Waals surface area (Å²) in [6.45, 7) is 0.360. The van der Waals surface area contributed by atoms with E-state index in [0.29, 0.717) is 18.5 Å². The minimum Gasteiger partial charge on any atom is -0.391 e. The molecule has 2 atom stereocenters. The zero-order valence-corrected chi connectivity index (χ0v) is 11.6. The average molecular weight is 301 g/mol. The molecular weight excluding hydrogens is 288 g/mol. The molecule has 112 valence electrons. The summed E-state index contributed by atoms with van der Waals surface area (Å²) >= 11 is 0. The molecule has 1 fully saturated rings. The summed E-state index contributed by atoms with van der Waals surface area (Å²) in [6, 6.07) is 8.78. The molecule has 1 aliphatic heterocycles. The molecule has 1 saturated heterocycles. The topological polar surface area (TPSA) is 60.2 Å². The first-order chi connectivity index (χ1) is 10.6. The van der Waals surface area contributed by atoms with Crippen molar-refractivity contribution in [1.29, 1.82) is 5.26 Å². The van der Waals surface area contributed by atoms with Crippen LogP contribution in [0.3, 0.4) is 0 Å². The van der Waals surface area contributed by atoms with E-state index < -0.39 is 17.7 Å². The third-order valence-electron chi connectivity index (χ3n) is 3.80. The molecule has 1 N–H and O–H groups in total. The fourth-order valence-corrected chi connectivity index (χ4v) is 2.79. The van der Waals surface area contributed by atoms with E-state index in [4.69, 9.17) is 5.26 Å². The van der Waals surface area contributed by atoms with Crippen LogP contribution in [0.25, 0.3) is 0 Å². The highest BCUT2D eigenvalue weighted by Crippen LogP contribution is 2.36. The van der Waals surface area contributed by atoms with Gasteiger partial charge in [-0.3, -0.25) is 0 Å². The van der Waals surface area contributed by atoms with Crippen molar-refractivity contribution in [2.24, 2.45) is 0 Å². The predicted molar refractivity (Wildman–Crippen MR) is 76.0 cm³/mol. The number of halogens is 2. The van der Waals surface area contributed by atoms with Gasteiger partial charge >= 0.3 is 0 Å². The Bertz CT molecular complexity index is 744. The van der Waals surface area contributed by atoms with Gasteiger partial charge in [-0.1, -0.05) is 6.07 Å².